The Morgan fingerprint density at radius 2 is 1.72 bits per heavy atom. The lowest BCUT2D eigenvalue weighted by Gasteiger charge is -2.47. The molecule has 3 aliphatic rings. The van der Waals surface area contributed by atoms with Crippen LogP contribution in [0.4, 0.5) is 15.4 Å². The van der Waals surface area contributed by atoms with Gasteiger partial charge in [0.15, 0.2) is 0 Å². The monoisotopic (exact) mass is 740 g/mol. The molecule has 0 radical (unpaired) electrons. The predicted molar refractivity (Wildman–Crippen MR) is 203 cm³/mol. The molecule has 3 aliphatic heterocycles. The highest BCUT2D eigenvalue weighted by Gasteiger charge is 2.55. The zero-order valence-electron chi connectivity index (χ0n) is 31.7. The molecular weight excluding hydrogens is 688 g/mol. The molecule has 1 aromatic heterocycles. The fraction of sp³-hybridized carbons (Fsp3) is 0.488. The summed E-state index contributed by atoms with van der Waals surface area (Å²) >= 11 is 0. The van der Waals surface area contributed by atoms with Crippen LogP contribution in [-0.4, -0.2) is 115 Å². The second-order valence-corrected chi connectivity index (χ2v) is 15.1. The van der Waals surface area contributed by atoms with Crippen LogP contribution in [0.3, 0.4) is 0 Å². The Morgan fingerprint density at radius 3 is 2.43 bits per heavy atom. The fourth-order valence-corrected chi connectivity index (χ4v) is 7.29. The molecule has 3 atom stereocenters. The van der Waals surface area contributed by atoms with Gasteiger partial charge in [-0.05, 0) is 81.0 Å². The van der Waals surface area contributed by atoms with Crippen molar-refractivity contribution in [2.45, 2.75) is 64.1 Å². The van der Waals surface area contributed by atoms with E-state index in [4.69, 9.17) is 14.2 Å². The molecular formula is C41H52N6O7. The maximum Gasteiger partial charge on any atom is 0.416 e. The Kier molecular flexibility index (Phi) is 12.5. The summed E-state index contributed by atoms with van der Waals surface area (Å²) in [6, 6.07) is 19.6. The highest BCUT2D eigenvalue weighted by molar-refractivity contribution is 6.09. The Bertz CT molecular complexity index is 1760. The number of rotatable bonds is 11. The number of imide groups is 1. The van der Waals surface area contributed by atoms with Crippen molar-refractivity contribution in [1.82, 2.24) is 25.0 Å². The van der Waals surface area contributed by atoms with Crippen molar-refractivity contribution in [2.24, 2.45) is 5.92 Å². The van der Waals surface area contributed by atoms with Crippen molar-refractivity contribution in [3.63, 3.8) is 0 Å². The zero-order chi connectivity index (χ0) is 38.2. The highest BCUT2D eigenvalue weighted by atomic mass is 16.6. The summed E-state index contributed by atoms with van der Waals surface area (Å²) in [7, 11) is 1.59. The van der Waals surface area contributed by atoms with Crippen LogP contribution in [0.2, 0.25) is 0 Å². The highest BCUT2D eigenvalue weighted by Crippen LogP contribution is 2.35. The molecule has 0 unspecified atom stereocenters. The SMILES string of the molecule is COc1ccc(CN(C(=O)OC(C)(C)C)c2cc(C[C@H]3C(=O)N(C(=O)N4CCC[C@@H](c5ccccc5)C4)[C@@H]3C(=O)NCCN3CCOCC3)ccn2)cc1. The number of hydrogen-bond acceptors (Lipinski definition) is 9. The lowest BCUT2D eigenvalue weighted by molar-refractivity contribution is -0.158. The molecule has 0 saturated carbocycles. The van der Waals surface area contributed by atoms with E-state index in [9.17, 15) is 19.2 Å². The number of piperidine rings is 1. The first-order chi connectivity index (χ1) is 26.0. The second kappa shape index (κ2) is 17.4. The summed E-state index contributed by atoms with van der Waals surface area (Å²) in [5, 5.41) is 3.02. The smallest absolute Gasteiger partial charge is 0.416 e. The summed E-state index contributed by atoms with van der Waals surface area (Å²) in [4.78, 5) is 66.6. The van der Waals surface area contributed by atoms with Crippen LogP contribution in [0, 0.1) is 5.92 Å². The molecule has 1 N–H and O–H groups in total. The van der Waals surface area contributed by atoms with Crippen LogP contribution in [0.1, 0.15) is 56.2 Å². The van der Waals surface area contributed by atoms with E-state index in [2.05, 4.69) is 27.3 Å². The maximum atomic E-state index is 14.1. The number of nitrogens with one attached hydrogen (secondary N) is 1. The first kappa shape index (κ1) is 38.7. The Morgan fingerprint density at radius 1 is 0.981 bits per heavy atom. The number of urea groups is 1. The number of carbonyl (C=O) groups is 4. The third kappa shape index (κ3) is 9.55. The van der Waals surface area contributed by atoms with E-state index in [-0.39, 0.29) is 24.8 Å². The van der Waals surface area contributed by atoms with Gasteiger partial charge in [0, 0.05) is 51.4 Å². The number of methoxy groups -OCH3 is 1. The number of benzene rings is 2. The van der Waals surface area contributed by atoms with Gasteiger partial charge in [-0.25, -0.2) is 14.6 Å². The number of likely N-dealkylation sites (tertiary alicyclic amines) is 2. The van der Waals surface area contributed by atoms with Gasteiger partial charge in [0.1, 0.15) is 23.2 Å². The molecule has 288 valence electrons. The van der Waals surface area contributed by atoms with Gasteiger partial charge in [0.2, 0.25) is 11.8 Å². The van der Waals surface area contributed by atoms with Crippen LogP contribution in [0.15, 0.2) is 72.9 Å². The maximum absolute atomic E-state index is 14.1. The molecule has 0 spiro atoms. The summed E-state index contributed by atoms with van der Waals surface area (Å²) in [6.45, 7) is 10.5. The number of nitrogens with zero attached hydrogens (tertiary/aromatic N) is 5. The van der Waals surface area contributed by atoms with Crippen LogP contribution in [0.25, 0.3) is 0 Å². The molecule has 13 nitrogen and oxygen atoms in total. The number of morpholine rings is 1. The number of carbonyl (C=O) groups excluding carboxylic acids is 4. The summed E-state index contributed by atoms with van der Waals surface area (Å²) in [5.74, 6) is -0.352. The van der Waals surface area contributed by atoms with Gasteiger partial charge in [-0.1, -0.05) is 42.5 Å². The average molecular weight is 741 g/mol. The van der Waals surface area contributed by atoms with Crippen LogP contribution in [-0.2, 0) is 32.0 Å². The molecule has 5 amide bonds. The molecule has 6 rings (SSSR count). The fourth-order valence-electron chi connectivity index (χ4n) is 7.29. The Balaban J connectivity index is 1.21. The number of pyridine rings is 1. The molecule has 4 heterocycles. The third-order valence-electron chi connectivity index (χ3n) is 10.1. The van der Waals surface area contributed by atoms with Gasteiger partial charge < -0.3 is 24.4 Å². The standard InChI is InChI=1S/C41H52N6O7/c1-41(2,3)54-40(51)46(27-29-12-14-33(52-4)15-13-29)35-26-30(16-17-42-35)25-34-36(37(48)43-18-20-44-21-23-53-24-22-44)47(38(34)49)39(50)45-19-8-11-32(28-45)31-9-6-5-7-10-31/h5-7,9-10,12-17,26,32,34,36H,8,11,18-25,27-28H2,1-4H3,(H,43,48)/t32-,34-,36+/m1/s1. The number of aromatic nitrogens is 1. The molecule has 2 aromatic carbocycles. The van der Waals surface area contributed by atoms with Gasteiger partial charge in [-0.3, -0.25) is 24.3 Å². The van der Waals surface area contributed by atoms with E-state index < -0.39 is 35.6 Å². The first-order valence-corrected chi connectivity index (χ1v) is 18.8. The van der Waals surface area contributed by atoms with E-state index in [1.807, 2.05) is 42.5 Å². The number of ether oxygens (including phenoxy) is 3. The minimum atomic E-state index is -0.982. The first-order valence-electron chi connectivity index (χ1n) is 18.8. The normalized spacial score (nSPS) is 20.5. The molecule has 13 heteroatoms. The van der Waals surface area contributed by atoms with Gasteiger partial charge in [0.05, 0.1) is 32.8 Å². The van der Waals surface area contributed by atoms with Gasteiger partial charge >= 0.3 is 12.1 Å². The number of hydrogen-bond donors (Lipinski definition) is 1. The average Bonchev–Trinajstić information content (AvgIpc) is 3.18. The number of anilines is 1. The van der Waals surface area contributed by atoms with Gasteiger partial charge in [0.25, 0.3) is 0 Å². The van der Waals surface area contributed by atoms with Crippen molar-refractivity contribution in [1.29, 1.82) is 0 Å². The molecule has 3 aromatic rings. The van der Waals surface area contributed by atoms with Crippen molar-refractivity contribution in [3.8, 4) is 5.75 Å². The minimum Gasteiger partial charge on any atom is -0.497 e. The number of β-lactam (4-membered cyclic amide) rings is 1. The van der Waals surface area contributed by atoms with Crippen molar-refractivity contribution in [3.05, 3.63) is 89.6 Å². The lowest BCUT2D eigenvalue weighted by Crippen LogP contribution is -2.71. The van der Waals surface area contributed by atoms with Crippen LogP contribution in [0.5, 0.6) is 5.75 Å². The summed E-state index contributed by atoms with van der Waals surface area (Å²) in [6.07, 6.45) is 2.93. The van der Waals surface area contributed by atoms with E-state index in [1.54, 1.807) is 51.1 Å². The topological polar surface area (TPSA) is 134 Å². The molecule has 3 saturated heterocycles. The van der Waals surface area contributed by atoms with E-state index >= 15 is 0 Å². The van der Waals surface area contributed by atoms with E-state index in [0.29, 0.717) is 56.5 Å². The third-order valence-corrected chi connectivity index (χ3v) is 10.1. The lowest BCUT2D eigenvalue weighted by atomic mass is 9.81. The number of amides is 5. The van der Waals surface area contributed by atoms with Crippen molar-refractivity contribution < 1.29 is 33.4 Å². The van der Waals surface area contributed by atoms with Gasteiger partial charge in [-0.15, -0.1) is 0 Å². The van der Waals surface area contributed by atoms with Gasteiger partial charge in [-0.2, -0.15) is 0 Å². The summed E-state index contributed by atoms with van der Waals surface area (Å²) in [5.41, 5.74) is 1.93. The predicted octanol–water partition coefficient (Wildman–Crippen LogP) is 4.85. The second-order valence-electron chi connectivity index (χ2n) is 15.1. The largest absolute Gasteiger partial charge is 0.497 e. The molecule has 3 fully saturated rings. The Labute approximate surface area is 317 Å². The van der Waals surface area contributed by atoms with E-state index in [1.165, 1.54) is 4.90 Å². The van der Waals surface area contributed by atoms with E-state index in [0.717, 1.165) is 42.0 Å². The zero-order valence-corrected chi connectivity index (χ0v) is 31.7. The minimum absolute atomic E-state index is 0.151. The quantitative estimate of drug-likeness (QED) is 0.274. The Hall–Kier alpha value is -5.01. The summed E-state index contributed by atoms with van der Waals surface area (Å²) < 4.78 is 16.5. The van der Waals surface area contributed by atoms with Crippen LogP contribution >= 0.6 is 0 Å². The molecule has 0 aliphatic carbocycles. The molecule has 0 bridgehead atoms. The van der Waals surface area contributed by atoms with Crippen molar-refractivity contribution in [2.75, 3.05) is 64.5 Å². The molecule has 54 heavy (non-hydrogen) atoms. The van der Waals surface area contributed by atoms with Crippen LogP contribution < -0.4 is 15.0 Å². The van der Waals surface area contributed by atoms with Crippen molar-refractivity contribution >= 4 is 29.8 Å².